The lowest BCUT2D eigenvalue weighted by molar-refractivity contribution is 0.114. The Hall–Kier alpha value is -1.42. The molecule has 0 radical (unpaired) electrons. The molecule has 9 heteroatoms. The lowest BCUT2D eigenvalue weighted by Gasteiger charge is -2.20. The summed E-state index contributed by atoms with van der Waals surface area (Å²) in [5.41, 5.74) is 0.523. The van der Waals surface area contributed by atoms with Gasteiger partial charge in [0.05, 0.1) is 23.3 Å². The molecule has 1 aromatic carbocycles. The minimum atomic E-state index is -3.56. The summed E-state index contributed by atoms with van der Waals surface area (Å²) in [6.07, 6.45) is 2.23. The molecule has 152 valence electrons. The van der Waals surface area contributed by atoms with E-state index in [-0.39, 0.29) is 11.0 Å². The lowest BCUT2D eigenvalue weighted by atomic mass is 10.2. The zero-order chi connectivity index (χ0) is 19.9. The minimum absolute atomic E-state index is 0.158. The molecule has 0 amide bonds. The fourth-order valence-corrected chi connectivity index (χ4v) is 4.62. The summed E-state index contributed by atoms with van der Waals surface area (Å²) in [7, 11) is -3.56. The average Bonchev–Trinajstić information content (AvgIpc) is 3.16. The number of sulfonamides is 1. The van der Waals surface area contributed by atoms with Gasteiger partial charge >= 0.3 is 0 Å². The first-order chi connectivity index (χ1) is 12.9. The van der Waals surface area contributed by atoms with E-state index in [1.807, 2.05) is 20.8 Å². The van der Waals surface area contributed by atoms with Crippen LogP contribution in [0.5, 0.6) is 5.75 Å². The number of rotatable bonds is 9. The van der Waals surface area contributed by atoms with Crippen molar-refractivity contribution < 1.29 is 17.9 Å². The first-order valence-corrected chi connectivity index (χ1v) is 11.2. The standard InChI is InChI=1S/C18H29N3O4S2/c1-4-21(5-2)27(22,23)15-9-10-17(24-6-3)16(12-15)20-18(26)19-13-14-8-7-11-25-14/h9-10,12,14H,4-8,11,13H2,1-3H3,(H2,19,20,26)/t14-/m0/s1. The Kier molecular flexibility index (Phi) is 8.28. The highest BCUT2D eigenvalue weighted by Crippen LogP contribution is 2.29. The Morgan fingerprint density at radius 2 is 2.07 bits per heavy atom. The Morgan fingerprint density at radius 3 is 2.67 bits per heavy atom. The molecule has 1 aromatic rings. The van der Waals surface area contributed by atoms with E-state index in [1.165, 1.54) is 4.31 Å². The van der Waals surface area contributed by atoms with Gasteiger partial charge in [-0.3, -0.25) is 0 Å². The number of ether oxygens (including phenoxy) is 2. The first kappa shape index (κ1) is 21.9. The number of hydrogen-bond acceptors (Lipinski definition) is 5. The van der Waals surface area contributed by atoms with Crippen LogP contribution in [0.1, 0.15) is 33.6 Å². The first-order valence-electron chi connectivity index (χ1n) is 9.35. The van der Waals surface area contributed by atoms with Gasteiger partial charge in [0.25, 0.3) is 0 Å². The Bertz CT molecular complexity index is 730. The van der Waals surface area contributed by atoms with E-state index in [4.69, 9.17) is 21.7 Å². The molecule has 2 rings (SSSR count). The smallest absolute Gasteiger partial charge is 0.243 e. The molecule has 0 unspecified atom stereocenters. The second-order valence-electron chi connectivity index (χ2n) is 6.15. The van der Waals surface area contributed by atoms with Gasteiger partial charge in [-0.2, -0.15) is 4.31 Å². The summed E-state index contributed by atoms with van der Waals surface area (Å²) in [4.78, 5) is 0.207. The second kappa shape index (κ2) is 10.2. The Balaban J connectivity index is 2.17. The largest absolute Gasteiger partial charge is 0.492 e. The molecule has 1 heterocycles. The molecule has 1 aliphatic rings. The van der Waals surface area contributed by atoms with Crippen molar-refractivity contribution in [3.8, 4) is 5.75 Å². The molecule has 1 atom stereocenters. The summed E-state index contributed by atoms with van der Waals surface area (Å²) in [5.74, 6) is 0.553. The summed E-state index contributed by atoms with van der Waals surface area (Å²) in [5, 5.41) is 6.60. The van der Waals surface area contributed by atoms with Crippen LogP contribution in [0.15, 0.2) is 23.1 Å². The fraction of sp³-hybridized carbons (Fsp3) is 0.611. The van der Waals surface area contributed by atoms with Crippen molar-refractivity contribution in [2.45, 2.75) is 44.6 Å². The number of nitrogens with zero attached hydrogens (tertiary/aromatic N) is 1. The van der Waals surface area contributed by atoms with Crippen molar-refractivity contribution in [3.63, 3.8) is 0 Å². The molecule has 1 saturated heterocycles. The molecule has 0 aromatic heterocycles. The Labute approximate surface area is 167 Å². The molecule has 27 heavy (non-hydrogen) atoms. The molecular formula is C18H29N3O4S2. The highest BCUT2D eigenvalue weighted by Gasteiger charge is 2.23. The summed E-state index contributed by atoms with van der Waals surface area (Å²) in [6.45, 7) is 8.20. The van der Waals surface area contributed by atoms with Crippen LogP contribution < -0.4 is 15.4 Å². The molecule has 1 aliphatic heterocycles. The highest BCUT2D eigenvalue weighted by atomic mass is 32.2. The normalized spacial score (nSPS) is 17.1. The van der Waals surface area contributed by atoms with E-state index < -0.39 is 10.0 Å². The molecule has 2 N–H and O–H groups in total. The van der Waals surface area contributed by atoms with Crippen LogP contribution in [-0.2, 0) is 14.8 Å². The third-order valence-corrected chi connectivity index (χ3v) is 6.65. The van der Waals surface area contributed by atoms with E-state index in [0.29, 0.717) is 42.8 Å². The zero-order valence-corrected chi connectivity index (χ0v) is 17.8. The van der Waals surface area contributed by atoms with Gasteiger partial charge in [0, 0.05) is 26.2 Å². The Morgan fingerprint density at radius 1 is 1.33 bits per heavy atom. The van der Waals surface area contributed by atoms with E-state index in [0.717, 1.165) is 19.4 Å². The molecule has 1 fully saturated rings. The SMILES string of the molecule is CCOc1ccc(S(=O)(=O)N(CC)CC)cc1NC(=S)NC[C@@H]1CCCO1. The van der Waals surface area contributed by atoms with Crippen LogP contribution >= 0.6 is 12.2 Å². The van der Waals surface area contributed by atoms with Crippen molar-refractivity contribution in [1.29, 1.82) is 0 Å². The second-order valence-corrected chi connectivity index (χ2v) is 8.50. The zero-order valence-electron chi connectivity index (χ0n) is 16.2. The molecule has 0 spiro atoms. The van der Waals surface area contributed by atoms with Gasteiger partial charge in [-0.1, -0.05) is 13.8 Å². The third-order valence-electron chi connectivity index (χ3n) is 4.36. The summed E-state index contributed by atoms with van der Waals surface area (Å²) < 4.78 is 38.2. The van der Waals surface area contributed by atoms with Crippen molar-refractivity contribution in [3.05, 3.63) is 18.2 Å². The van der Waals surface area contributed by atoms with Crippen LogP contribution in [0.3, 0.4) is 0 Å². The van der Waals surface area contributed by atoms with Crippen molar-refractivity contribution in [2.24, 2.45) is 0 Å². The summed E-state index contributed by atoms with van der Waals surface area (Å²) in [6, 6.07) is 4.79. The maximum absolute atomic E-state index is 12.8. The van der Waals surface area contributed by atoms with Gasteiger partial charge in [-0.15, -0.1) is 0 Å². The maximum Gasteiger partial charge on any atom is 0.243 e. The minimum Gasteiger partial charge on any atom is -0.492 e. The molecular weight excluding hydrogens is 386 g/mol. The van der Waals surface area contributed by atoms with Gasteiger partial charge in [-0.25, -0.2) is 8.42 Å². The predicted octanol–water partition coefficient (Wildman–Crippen LogP) is 2.58. The van der Waals surface area contributed by atoms with Gasteiger partial charge in [-0.05, 0) is 50.2 Å². The van der Waals surface area contributed by atoms with E-state index in [9.17, 15) is 8.42 Å². The van der Waals surface area contributed by atoms with Crippen LogP contribution in [0, 0.1) is 0 Å². The summed E-state index contributed by atoms with van der Waals surface area (Å²) >= 11 is 5.36. The number of hydrogen-bond donors (Lipinski definition) is 2. The lowest BCUT2D eigenvalue weighted by Crippen LogP contribution is -2.35. The predicted molar refractivity (Wildman–Crippen MR) is 111 cm³/mol. The van der Waals surface area contributed by atoms with Crippen molar-refractivity contribution in [2.75, 3.05) is 38.2 Å². The van der Waals surface area contributed by atoms with E-state index in [1.54, 1.807) is 18.2 Å². The molecule has 7 nitrogen and oxygen atoms in total. The average molecular weight is 416 g/mol. The monoisotopic (exact) mass is 415 g/mol. The quantitative estimate of drug-likeness (QED) is 0.600. The number of nitrogens with one attached hydrogen (secondary N) is 2. The van der Waals surface area contributed by atoms with Gasteiger partial charge < -0.3 is 20.1 Å². The van der Waals surface area contributed by atoms with Crippen LogP contribution in [0.2, 0.25) is 0 Å². The maximum atomic E-state index is 12.8. The van der Waals surface area contributed by atoms with E-state index >= 15 is 0 Å². The number of benzene rings is 1. The number of thiocarbonyl (C=S) groups is 1. The van der Waals surface area contributed by atoms with Gasteiger partial charge in [0.1, 0.15) is 5.75 Å². The highest BCUT2D eigenvalue weighted by molar-refractivity contribution is 7.89. The topological polar surface area (TPSA) is 79.9 Å². The van der Waals surface area contributed by atoms with Gasteiger partial charge in [0.15, 0.2) is 5.11 Å². The van der Waals surface area contributed by atoms with Crippen molar-refractivity contribution >= 4 is 33.0 Å². The van der Waals surface area contributed by atoms with Crippen molar-refractivity contribution in [1.82, 2.24) is 9.62 Å². The van der Waals surface area contributed by atoms with Gasteiger partial charge in [0.2, 0.25) is 10.0 Å². The number of anilines is 1. The van der Waals surface area contributed by atoms with E-state index in [2.05, 4.69) is 10.6 Å². The molecule has 0 saturated carbocycles. The van der Waals surface area contributed by atoms with Crippen LogP contribution in [0.4, 0.5) is 5.69 Å². The molecule has 0 bridgehead atoms. The van der Waals surface area contributed by atoms with Crippen LogP contribution in [-0.4, -0.2) is 56.8 Å². The fourth-order valence-electron chi connectivity index (χ4n) is 2.94. The van der Waals surface area contributed by atoms with Crippen LogP contribution in [0.25, 0.3) is 0 Å². The third kappa shape index (κ3) is 5.78. The molecule has 0 aliphatic carbocycles.